The van der Waals surface area contributed by atoms with Crippen LogP contribution in [-0.2, 0) is 9.47 Å². The van der Waals surface area contributed by atoms with Gasteiger partial charge >= 0.3 is 0 Å². The summed E-state index contributed by atoms with van der Waals surface area (Å²) in [6.07, 6.45) is 3.73. The number of anilines is 2. The minimum absolute atomic E-state index is 0.633. The number of imidazole rings is 1. The average Bonchev–Trinajstić information content (AvgIpc) is 3.30. The molecule has 30 heavy (non-hydrogen) atoms. The van der Waals surface area contributed by atoms with Gasteiger partial charge in [-0.15, -0.1) is 0 Å². The Morgan fingerprint density at radius 2 is 1.37 bits per heavy atom. The zero-order valence-electron chi connectivity index (χ0n) is 17.2. The number of rotatable bonds is 4. The molecule has 5 rings (SSSR count). The molecule has 0 atom stereocenters. The van der Waals surface area contributed by atoms with Gasteiger partial charge in [-0.1, -0.05) is 29.8 Å². The van der Waals surface area contributed by atoms with Gasteiger partial charge in [0, 0.05) is 50.2 Å². The predicted molar refractivity (Wildman–Crippen MR) is 115 cm³/mol. The molecule has 2 fully saturated rings. The average molecular weight is 406 g/mol. The zero-order valence-corrected chi connectivity index (χ0v) is 17.2. The molecule has 2 aliphatic rings. The molecular weight excluding hydrogens is 380 g/mol. The summed E-state index contributed by atoms with van der Waals surface area (Å²) in [5.74, 6) is 3.32. The van der Waals surface area contributed by atoms with Crippen LogP contribution in [0.25, 0.3) is 17.3 Å². The molecule has 2 aliphatic heterocycles. The number of hydrogen-bond acceptors (Lipinski definition) is 7. The van der Waals surface area contributed by atoms with Crippen LogP contribution < -0.4 is 9.80 Å². The molecule has 1 aromatic carbocycles. The van der Waals surface area contributed by atoms with Gasteiger partial charge in [0.1, 0.15) is 17.5 Å². The maximum Gasteiger partial charge on any atom is 0.239 e. The minimum atomic E-state index is 0.633. The van der Waals surface area contributed by atoms with E-state index < -0.39 is 0 Å². The Balaban J connectivity index is 1.57. The largest absolute Gasteiger partial charge is 0.378 e. The molecule has 0 spiro atoms. The maximum absolute atomic E-state index is 5.53. The van der Waals surface area contributed by atoms with Gasteiger partial charge in [-0.3, -0.25) is 4.57 Å². The van der Waals surface area contributed by atoms with Crippen molar-refractivity contribution in [3.63, 3.8) is 0 Å². The van der Waals surface area contributed by atoms with E-state index in [1.54, 1.807) is 6.20 Å². The molecule has 0 unspecified atom stereocenters. The van der Waals surface area contributed by atoms with Crippen molar-refractivity contribution >= 4 is 11.6 Å². The molecule has 0 amide bonds. The fourth-order valence-electron chi connectivity index (χ4n) is 3.81. The standard InChI is InChI=1S/C22H26N6O2/c1-17-2-4-18(5-3-17)21-23-6-7-28(21)22-24-19(26-8-12-29-13-9-26)16-20(25-22)27-10-14-30-15-11-27/h2-7,16H,8-15H2,1H3. The van der Waals surface area contributed by atoms with E-state index in [-0.39, 0.29) is 0 Å². The summed E-state index contributed by atoms with van der Waals surface area (Å²) in [6.45, 7) is 8.25. The quantitative estimate of drug-likeness (QED) is 0.659. The van der Waals surface area contributed by atoms with Crippen LogP contribution in [0.2, 0.25) is 0 Å². The molecule has 0 radical (unpaired) electrons. The van der Waals surface area contributed by atoms with Crippen LogP contribution in [0.5, 0.6) is 0 Å². The lowest BCUT2D eigenvalue weighted by Crippen LogP contribution is -2.39. The first-order valence-electron chi connectivity index (χ1n) is 10.4. The summed E-state index contributed by atoms with van der Waals surface area (Å²) < 4.78 is 13.0. The van der Waals surface area contributed by atoms with E-state index in [0.29, 0.717) is 32.4 Å². The van der Waals surface area contributed by atoms with Crippen molar-refractivity contribution in [3.8, 4) is 17.3 Å². The Labute approximate surface area is 176 Å². The fraction of sp³-hybridized carbons (Fsp3) is 0.409. The second-order valence-corrected chi connectivity index (χ2v) is 7.57. The highest BCUT2D eigenvalue weighted by Gasteiger charge is 2.21. The lowest BCUT2D eigenvalue weighted by Gasteiger charge is -2.31. The molecule has 4 heterocycles. The van der Waals surface area contributed by atoms with Gasteiger partial charge in [0.25, 0.3) is 0 Å². The van der Waals surface area contributed by atoms with Crippen molar-refractivity contribution in [1.82, 2.24) is 19.5 Å². The van der Waals surface area contributed by atoms with Gasteiger partial charge in [-0.2, -0.15) is 9.97 Å². The number of aromatic nitrogens is 4. The first kappa shape index (κ1) is 19.0. The van der Waals surface area contributed by atoms with Crippen molar-refractivity contribution in [1.29, 1.82) is 0 Å². The summed E-state index contributed by atoms with van der Waals surface area (Å²) in [5, 5.41) is 0. The molecule has 0 saturated carbocycles. The van der Waals surface area contributed by atoms with Crippen molar-refractivity contribution in [2.45, 2.75) is 6.92 Å². The molecule has 156 valence electrons. The number of nitrogens with zero attached hydrogens (tertiary/aromatic N) is 6. The second-order valence-electron chi connectivity index (χ2n) is 7.57. The van der Waals surface area contributed by atoms with E-state index >= 15 is 0 Å². The molecule has 8 nitrogen and oxygen atoms in total. The predicted octanol–water partition coefficient (Wildman–Crippen LogP) is 2.31. The molecule has 2 aromatic heterocycles. The lowest BCUT2D eigenvalue weighted by atomic mass is 10.1. The van der Waals surface area contributed by atoms with Gasteiger partial charge in [-0.25, -0.2) is 4.98 Å². The Kier molecular flexibility index (Phi) is 5.33. The highest BCUT2D eigenvalue weighted by Crippen LogP contribution is 2.26. The van der Waals surface area contributed by atoms with E-state index in [1.807, 2.05) is 10.8 Å². The van der Waals surface area contributed by atoms with Gasteiger partial charge in [0.2, 0.25) is 5.95 Å². The number of morpholine rings is 2. The SMILES string of the molecule is Cc1ccc(-c2nccn2-c2nc(N3CCOCC3)cc(N3CCOCC3)n2)cc1. The van der Waals surface area contributed by atoms with E-state index in [1.165, 1.54) is 5.56 Å². The van der Waals surface area contributed by atoms with Crippen molar-refractivity contribution in [3.05, 3.63) is 48.3 Å². The Hall–Kier alpha value is -2.97. The molecule has 3 aromatic rings. The van der Waals surface area contributed by atoms with Crippen LogP contribution in [0, 0.1) is 6.92 Å². The van der Waals surface area contributed by atoms with E-state index in [0.717, 1.165) is 49.2 Å². The summed E-state index contributed by atoms with van der Waals surface area (Å²) in [5.41, 5.74) is 2.26. The van der Waals surface area contributed by atoms with Crippen LogP contribution in [0.3, 0.4) is 0 Å². The lowest BCUT2D eigenvalue weighted by molar-refractivity contribution is 0.122. The van der Waals surface area contributed by atoms with Crippen molar-refractivity contribution < 1.29 is 9.47 Å². The summed E-state index contributed by atoms with van der Waals surface area (Å²) in [7, 11) is 0. The van der Waals surface area contributed by atoms with E-state index in [2.05, 4.69) is 52.0 Å². The zero-order chi connectivity index (χ0) is 20.3. The van der Waals surface area contributed by atoms with Crippen LogP contribution in [0.4, 0.5) is 11.6 Å². The monoisotopic (exact) mass is 406 g/mol. The Bertz CT molecular complexity index is 955. The molecule has 0 N–H and O–H groups in total. The van der Waals surface area contributed by atoms with Crippen LogP contribution in [0.15, 0.2) is 42.7 Å². The first-order chi connectivity index (χ1) is 14.8. The normalized spacial score (nSPS) is 17.4. The Morgan fingerprint density at radius 1 is 0.800 bits per heavy atom. The molecular formula is C22H26N6O2. The summed E-state index contributed by atoms with van der Waals surface area (Å²) in [4.78, 5) is 19.0. The van der Waals surface area contributed by atoms with Crippen molar-refractivity contribution in [2.75, 3.05) is 62.4 Å². The van der Waals surface area contributed by atoms with Gasteiger partial charge in [-0.05, 0) is 6.92 Å². The third kappa shape index (κ3) is 3.88. The number of ether oxygens (including phenoxy) is 2. The third-order valence-corrected chi connectivity index (χ3v) is 5.52. The van der Waals surface area contributed by atoms with Crippen LogP contribution in [0.1, 0.15) is 5.56 Å². The topological polar surface area (TPSA) is 68.5 Å². The summed E-state index contributed by atoms with van der Waals surface area (Å²) >= 11 is 0. The second kappa shape index (κ2) is 8.41. The maximum atomic E-state index is 5.53. The number of hydrogen-bond donors (Lipinski definition) is 0. The van der Waals surface area contributed by atoms with Crippen LogP contribution >= 0.6 is 0 Å². The first-order valence-corrected chi connectivity index (χ1v) is 10.4. The number of benzene rings is 1. The molecule has 2 saturated heterocycles. The molecule has 8 heteroatoms. The van der Waals surface area contributed by atoms with Gasteiger partial charge < -0.3 is 19.3 Å². The van der Waals surface area contributed by atoms with Gasteiger partial charge in [0.15, 0.2) is 0 Å². The highest BCUT2D eigenvalue weighted by atomic mass is 16.5. The molecule has 0 bridgehead atoms. The van der Waals surface area contributed by atoms with Crippen LogP contribution in [-0.4, -0.2) is 72.1 Å². The highest BCUT2D eigenvalue weighted by molar-refractivity contribution is 5.59. The van der Waals surface area contributed by atoms with Gasteiger partial charge in [0.05, 0.1) is 26.4 Å². The fourth-order valence-corrected chi connectivity index (χ4v) is 3.81. The van der Waals surface area contributed by atoms with E-state index in [4.69, 9.17) is 19.4 Å². The van der Waals surface area contributed by atoms with E-state index in [9.17, 15) is 0 Å². The third-order valence-electron chi connectivity index (χ3n) is 5.52. The number of aryl methyl sites for hydroxylation is 1. The minimum Gasteiger partial charge on any atom is -0.378 e. The smallest absolute Gasteiger partial charge is 0.239 e. The Morgan fingerprint density at radius 3 is 1.93 bits per heavy atom. The van der Waals surface area contributed by atoms with Crippen molar-refractivity contribution in [2.24, 2.45) is 0 Å². The summed E-state index contributed by atoms with van der Waals surface area (Å²) in [6, 6.07) is 10.4. The molecule has 0 aliphatic carbocycles.